The van der Waals surface area contributed by atoms with Gasteiger partial charge < -0.3 is 10.7 Å². The standard InChI is InChI=1S/C11H16N2/c1-7-5-8(2)10(6-12)11(13-4)9(7)3/h5-6,12-13H,1-4H3. The van der Waals surface area contributed by atoms with Gasteiger partial charge in [0.15, 0.2) is 0 Å². The SMILES string of the molecule is CNc1c(C)c(C)cc(C)c1C=N. The smallest absolute Gasteiger partial charge is 0.0461 e. The summed E-state index contributed by atoms with van der Waals surface area (Å²) in [5.41, 5.74) is 5.72. The van der Waals surface area contributed by atoms with E-state index in [0.717, 1.165) is 16.8 Å². The lowest BCUT2D eigenvalue weighted by molar-refractivity contribution is 1.27. The Labute approximate surface area is 79.5 Å². The van der Waals surface area contributed by atoms with E-state index in [0.29, 0.717) is 0 Å². The molecule has 0 saturated carbocycles. The van der Waals surface area contributed by atoms with Crippen molar-refractivity contribution in [1.29, 1.82) is 5.41 Å². The molecule has 0 aliphatic heterocycles. The van der Waals surface area contributed by atoms with Crippen molar-refractivity contribution >= 4 is 11.9 Å². The Morgan fingerprint density at radius 2 is 1.85 bits per heavy atom. The predicted molar refractivity (Wildman–Crippen MR) is 58.1 cm³/mol. The number of nitrogens with one attached hydrogen (secondary N) is 2. The number of aryl methyl sites for hydroxylation is 2. The second-order valence-corrected chi connectivity index (χ2v) is 3.32. The molecule has 13 heavy (non-hydrogen) atoms. The third kappa shape index (κ3) is 1.57. The Kier molecular flexibility index (Phi) is 2.71. The highest BCUT2D eigenvalue weighted by Gasteiger charge is 2.07. The zero-order valence-electron chi connectivity index (χ0n) is 8.65. The van der Waals surface area contributed by atoms with Gasteiger partial charge in [-0.25, -0.2) is 0 Å². The molecule has 0 heterocycles. The first kappa shape index (κ1) is 9.78. The van der Waals surface area contributed by atoms with Crippen molar-refractivity contribution in [2.75, 3.05) is 12.4 Å². The Balaban J connectivity index is 3.50. The molecule has 1 aromatic rings. The van der Waals surface area contributed by atoms with Gasteiger partial charge in [0, 0.05) is 24.5 Å². The minimum absolute atomic E-state index is 0.991. The first-order valence-electron chi connectivity index (χ1n) is 4.40. The van der Waals surface area contributed by atoms with Crippen LogP contribution in [0.3, 0.4) is 0 Å². The van der Waals surface area contributed by atoms with E-state index in [-0.39, 0.29) is 0 Å². The molecule has 0 unspecified atom stereocenters. The zero-order valence-corrected chi connectivity index (χ0v) is 8.65. The third-order valence-electron chi connectivity index (χ3n) is 2.49. The van der Waals surface area contributed by atoms with Crippen LogP contribution in [0.5, 0.6) is 0 Å². The number of benzene rings is 1. The number of rotatable bonds is 2. The fourth-order valence-corrected chi connectivity index (χ4v) is 1.62. The van der Waals surface area contributed by atoms with Crippen LogP contribution in [0.25, 0.3) is 0 Å². The summed E-state index contributed by atoms with van der Waals surface area (Å²) >= 11 is 0. The van der Waals surface area contributed by atoms with Crippen LogP contribution in [0, 0.1) is 26.2 Å². The highest BCUT2D eigenvalue weighted by molar-refractivity contribution is 5.89. The lowest BCUT2D eigenvalue weighted by Gasteiger charge is -2.14. The largest absolute Gasteiger partial charge is 0.387 e. The molecule has 1 aromatic carbocycles. The van der Waals surface area contributed by atoms with Gasteiger partial charge in [0.05, 0.1) is 0 Å². The summed E-state index contributed by atoms with van der Waals surface area (Å²) in [6.07, 6.45) is 1.41. The van der Waals surface area contributed by atoms with Gasteiger partial charge >= 0.3 is 0 Å². The lowest BCUT2D eigenvalue weighted by Crippen LogP contribution is -2.01. The van der Waals surface area contributed by atoms with E-state index >= 15 is 0 Å². The summed E-state index contributed by atoms with van der Waals surface area (Å²) < 4.78 is 0. The van der Waals surface area contributed by atoms with Gasteiger partial charge in [0.1, 0.15) is 0 Å². The maximum absolute atomic E-state index is 7.33. The molecular formula is C11H16N2. The van der Waals surface area contributed by atoms with Gasteiger partial charge in [-0.05, 0) is 37.5 Å². The van der Waals surface area contributed by atoms with Crippen LogP contribution in [0.15, 0.2) is 6.07 Å². The molecule has 1 rings (SSSR count). The van der Waals surface area contributed by atoms with Gasteiger partial charge in [-0.15, -0.1) is 0 Å². The predicted octanol–water partition coefficient (Wildman–Crippen LogP) is 2.65. The highest BCUT2D eigenvalue weighted by atomic mass is 14.8. The Hall–Kier alpha value is -1.31. The van der Waals surface area contributed by atoms with Crippen molar-refractivity contribution in [2.45, 2.75) is 20.8 Å². The molecule has 70 valence electrons. The highest BCUT2D eigenvalue weighted by Crippen LogP contribution is 2.25. The first-order valence-corrected chi connectivity index (χ1v) is 4.40. The van der Waals surface area contributed by atoms with Crippen molar-refractivity contribution in [3.05, 3.63) is 28.3 Å². The fraction of sp³-hybridized carbons (Fsp3) is 0.364. The number of hydrogen-bond acceptors (Lipinski definition) is 2. The van der Waals surface area contributed by atoms with Crippen LogP contribution in [0.2, 0.25) is 0 Å². The summed E-state index contributed by atoms with van der Waals surface area (Å²) in [6.45, 7) is 6.21. The minimum atomic E-state index is 0.991. The van der Waals surface area contributed by atoms with Crippen LogP contribution in [0.4, 0.5) is 5.69 Å². The van der Waals surface area contributed by atoms with Crippen LogP contribution in [-0.2, 0) is 0 Å². The summed E-state index contributed by atoms with van der Waals surface area (Å²) in [5.74, 6) is 0. The van der Waals surface area contributed by atoms with Crippen molar-refractivity contribution in [2.24, 2.45) is 0 Å². The maximum Gasteiger partial charge on any atom is 0.0461 e. The minimum Gasteiger partial charge on any atom is -0.387 e. The molecular weight excluding hydrogens is 160 g/mol. The van der Waals surface area contributed by atoms with Gasteiger partial charge in [-0.2, -0.15) is 0 Å². The van der Waals surface area contributed by atoms with Crippen LogP contribution in [-0.4, -0.2) is 13.3 Å². The van der Waals surface area contributed by atoms with Crippen molar-refractivity contribution in [3.8, 4) is 0 Å². The van der Waals surface area contributed by atoms with Crippen LogP contribution >= 0.6 is 0 Å². The quantitative estimate of drug-likeness (QED) is 0.668. The molecule has 0 radical (unpaired) electrons. The first-order chi connectivity index (χ1) is 6.11. The van der Waals surface area contributed by atoms with Crippen molar-refractivity contribution in [1.82, 2.24) is 0 Å². The van der Waals surface area contributed by atoms with Crippen LogP contribution in [0.1, 0.15) is 22.3 Å². The maximum atomic E-state index is 7.33. The molecule has 0 saturated heterocycles. The second-order valence-electron chi connectivity index (χ2n) is 3.32. The van der Waals surface area contributed by atoms with E-state index in [2.05, 4.69) is 25.2 Å². The molecule has 0 fully saturated rings. The summed E-state index contributed by atoms with van der Waals surface area (Å²) in [7, 11) is 1.90. The Morgan fingerprint density at radius 3 is 2.31 bits per heavy atom. The average Bonchev–Trinajstić information content (AvgIpc) is 2.10. The van der Waals surface area contributed by atoms with Gasteiger partial charge in [0.25, 0.3) is 0 Å². The van der Waals surface area contributed by atoms with Gasteiger partial charge in [-0.1, -0.05) is 6.07 Å². The number of anilines is 1. The van der Waals surface area contributed by atoms with Gasteiger partial charge in [-0.3, -0.25) is 0 Å². The molecule has 0 spiro atoms. The second kappa shape index (κ2) is 3.60. The van der Waals surface area contributed by atoms with E-state index in [4.69, 9.17) is 5.41 Å². The summed E-state index contributed by atoms with van der Waals surface area (Å²) in [5, 5.41) is 10.5. The van der Waals surface area contributed by atoms with Crippen molar-refractivity contribution in [3.63, 3.8) is 0 Å². The normalized spacial score (nSPS) is 9.85. The molecule has 2 N–H and O–H groups in total. The van der Waals surface area contributed by atoms with E-state index < -0.39 is 0 Å². The van der Waals surface area contributed by atoms with E-state index in [1.807, 2.05) is 14.0 Å². The Morgan fingerprint density at radius 1 is 1.23 bits per heavy atom. The summed E-state index contributed by atoms with van der Waals surface area (Å²) in [6, 6.07) is 2.12. The van der Waals surface area contributed by atoms with Crippen molar-refractivity contribution < 1.29 is 0 Å². The van der Waals surface area contributed by atoms with Gasteiger partial charge in [0.2, 0.25) is 0 Å². The van der Waals surface area contributed by atoms with E-state index in [1.54, 1.807) is 0 Å². The molecule has 0 aliphatic carbocycles. The fourth-order valence-electron chi connectivity index (χ4n) is 1.62. The van der Waals surface area contributed by atoms with Crippen LogP contribution < -0.4 is 5.32 Å². The molecule has 0 amide bonds. The molecule has 0 atom stereocenters. The van der Waals surface area contributed by atoms with E-state index in [9.17, 15) is 0 Å². The monoisotopic (exact) mass is 176 g/mol. The molecule has 2 nitrogen and oxygen atoms in total. The topological polar surface area (TPSA) is 35.9 Å². The lowest BCUT2D eigenvalue weighted by atomic mass is 9.98. The molecule has 0 bridgehead atoms. The third-order valence-corrected chi connectivity index (χ3v) is 2.49. The molecule has 2 heteroatoms. The zero-order chi connectivity index (χ0) is 10.0. The van der Waals surface area contributed by atoms with E-state index in [1.165, 1.54) is 17.3 Å². The number of hydrogen-bond donors (Lipinski definition) is 2. The molecule has 0 aromatic heterocycles. The Bertz CT molecular complexity index is 340. The summed E-state index contributed by atoms with van der Waals surface area (Å²) in [4.78, 5) is 0. The molecule has 0 aliphatic rings. The average molecular weight is 176 g/mol.